The molecule has 0 saturated carbocycles. The van der Waals surface area contributed by atoms with Crippen LogP contribution in [-0.4, -0.2) is 15.2 Å². The first-order valence-corrected chi connectivity index (χ1v) is 4.53. The van der Waals surface area contributed by atoms with Crippen LogP contribution in [0.1, 0.15) is 11.9 Å². The Bertz CT molecular complexity index is 490. The van der Waals surface area contributed by atoms with E-state index in [9.17, 15) is 4.79 Å². The van der Waals surface area contributed by atoms with Gasteiger partial charge in [0.15, 0.2) is 5.69 Å². The fraction of sp³-hybridized carbons (Fsp3) is 0. The summed E-state index contributed by atoms with van der Waals surface area (Å²) in [6.45, 7) is 0. The molecule has 2 aromatic rings. The molecule has 2 rings (SSSR count). The first kappa shape index (κ1) is 12.9. The van der Waals surface area contributed by atoms with E-state index in [2.05, 4.69) is 0 Å². The number of carbonyl (C=O) groups is 1. The zero-order valence-electron chi connectivity index (χ0n) is 8.87. The van der Waals surface area contributed by atoms with Crippen molar-refractivity contribution in [2.45, 2.75) is 0 Å². The monoisotopic (exact) mass is 253 g/mol. The minimum absolute atomic E-state index is 0. The Morgan fingerprint density at radius 1 is 1.40 bits per heavy atom. The average molecular weight is 254 g/mol. The summed E-state index contributed by atoms with van der Waals surface area (Å²) in [5.41, 5.74) is 0.492. The molecular formula is C9H6Cl2NNaO2. The number of aromatic nitrogens is 1. The van der Waals surface area contributed by atoms with Crippen molar-refractivity contribution in [2.24, 2.45) is 0 Å². The van der Waals surface area contributed by atoms with Crippen LogP contribution in [0.25, 0.3) is 10.9 Å². The molecule has 0 aliphatic carbocycles. The zero-order valence-corrected chi connectivity index (χ0v) is 11.4. The van der Waals surface area contributed by atoms with Crippen LogP contribution in [0.5, 0.6) is 0 Å². The van der Waals surface area contributed by atoms with Crippen LogP contribution in [0.4, 0.5) is 0 Å². The smallest absolute Gasteiger partial charge is 1.00 e. The molecule has 6 heteroatoms. The third-order valence-electron chi connectivity index (χ3n) is 1.96. The normalized spacial score (nSPS) is 10.0. The maximum absolute atomic E-state index is 10.8. The number of halogens is 2. The van der Waals surface area contributed by atoms with Crippen molar-refractivity contribution in [2.75, 3.05) is 0 Å². The Morgan fingerprint density at radius 3 is 2.53 bits per heavy atom. The minimum atomic E-state index is -1.14. The van der Waals surface area contributed by atoms with Gasteiger partial charge in [-0.2, -0.15) is 0 Å². The summed E-state index contributed by atoms with van der Waals surface area (Å²) < 4.78 is 1.06. The maximum atomic E-state index is 10.8. The quantitative estimate of drug-likeness (QED) is 0.734. The van der Waals surface area contributed by atoms with E-state index >= 15 is 0 Å². The minimum Gasteiger partial charge on any atom is -1.00 e. The summed E-state index contributed by atoms with van der Waals surface area (Å²) >= 11 is 11.7. The molecule has 74 valence electrons. The number of nitrogens with zero attached hydrogens (tertiary/aromatic N) is 1. The molecule has 1 heterocycles. The van der Waals surface area contributed by atoms with Crippen LogP contribution in [0.3, 0.4) is 0 Å². The SMILES string of the molecule is O=C(O)c1c(Cl)c2ccccc2n1Cl.[H-].[Na+]. The van der Waals surface area contributed by atoms with Crippen LogP contribution >= 0.6 is 23.4 Å². The van der Waals surface area contributed by atoms with E-state index in [-0.39, 0.29) is 41.7 Å². The van der Waals surface area contributed by atoms with Crippen molar-refractivity contribution in [1.82, 2.24) is 4.09 Å². The third kappa shape index (κ3) is 2.03. The number of fused-ring (bicyclic) bond motifs is 1. The van der Waals surface area contributed by atoms with Crippen LogP contribution in [0.2, 0.25) is 5.02 Å². The van der Waals surface area contributed by atoms with Gasteiger partial charge in [0.05, 0.1) is 10.5 Å². The molecule has 1 aromatic heterocycles. The van der Waals surface area contributed by atoms with Gasteiger partial charge in [0, 0.05) is 17.2 Å². The van der Waals surface area contributed by atoms with Crippen molar-refractivity contribution in [3.05, 3.63) is 35.0 Å². The summed E-state index contributed by atoms with van der Waals surface area (Å²) in [7, 11) is 0. The van der Waals surface area contributed by atoms with Crippen molar-refractivity contribution >= 4 is 40.2 Å². The fourth-order valence-electron chi connectivity index (χ4n) is 1.34. The van der Waals surface area contributed by atoms with Crippen LogP contribution in [0.15, 0.2) is 24.3 Å². The number of aromatic carboxylic acids is 1. The predicted octanol–water partition coefficient (Wildman–Crippen LogP) is 0.111. The van der Waals surface area contributed by atoms with Crippen molar-refractivity contribution in [3.63, 3.8) is 0 Å². The van der Waals surface area contributed by atoms with Gasteiger partial charge in [-0.1, -0.05) is 29.8 Å². The number of para-hydroxylation sites is 1. The summed E-state index contributed by atoms with van der Waals surface area (Å²) in [6, 6.07) is 6.98. The zero-order chi connectivity index (χ0) is 10.3. The van der Waals surface area contributed by atoms with E-state index in [4.69, 9.17) is 28.5 Å². The second-order valence-corrected chi connectivity index (χ2v) is 3.48. The van der Waals surface area contributed by atoms with E-state index in [0.717, 1.165) is 4.09 Å². The number of rotatable bonds is 1. The molecule has 0 atom stereocenters. The Labute approximate surface area is 119 Å². The summed E-state index contributed by atoms with van der Waals surface area (Å²) in [5.74, 6) is -1.14. The Kier molecular flexibility index (Phi) is 4.09. The van der Waals surface area contributed by atoms with E-state index in [1.54, 1.807) is 24.3 Å². The van der Waals surface area contributed by atoms with Gasteiger partial charge in [0.1, 0.15) is 0 Å². The molecule has 0 amide bonds. The van der Waals surface area contributed by atoms with Gasteiger partial charge in [-0.15, -0.1) is 0 Å². The van der Waals surface area contributed by atoms with Gasteiger partial charge in [0.25, 0.3) is 0 Å². The Morgan fingerprint density at radius 2 is 2.00 bits per heavy atom. The molecule has 0 bridgehead atoms. The molecule has 1 aromatic carbocycles. The van der Waals surface area contributed by atoms with Crippen LogP contribution < -0.4 is 29.6 Å². The fourth-order valence-corrected chi connectivity index (χ4v) is 2.02. The third-order valence-corrected chi connectivity index (χ3v) is 2.69. The number of carboxylic acid groups (broad SMARTS) is 1. The Balaban J connectivity index is 0.00000112. The van der Waals surface area contributed by atoms with Crippen molar-refractivity contribution in [3.8, 4) is 0 Å². The predicted molar refractivity (Wildman–Crippen MR) is 56.3 cm³/mol. The van der Waals surface area contributed by atoms with E-state index < -0.39 is 5.97 Å². The standard InChI is InChI=1S/C9H5Cl2NO2.Na.H/c10-7-5-3-1-2-4-6(5)12(11)8(7)9(13)14;;/h1-4H,(H,13,14);;/q;+1;-1. The average Bonchev–Trinajstić information content (AvgIpc) is 2.41. The number of carboxylic acids is 1. The van der Waals surface area contributed by atoms with Crippen LogP contribution in [-0.2, 0) is 0 Å². The van der Waals surface area contributed by atoms with Gasteiger partial charge in [-0.3, -0.25) is 0 Å². The van der Waals surface area contributed by atoms with Crippen molar-refractivity contribution < 1.29 is 40.9 Å². The van der Waals surface area contributed by atoms with Gasteiger partial charge < -0.3 is 6.53 Å². The number of hydrogen-bond donors (Lipinski definition) is 1. The molecule has 3 nitrogen and oxygen atoms in total. The Hall–Kier alpha value is -0.190. The topological polar surface area (TPSA) is 42.2 Å². The second-order valence-electron chi connectivity index (χ2n) is 2.77. The van der Waals surface area contributed by atoms with Gasteiger partial charge in [-0.05, 0) is 6.07 Å². The van der Waals surface area contributed by atoms with Crippen LogP contribution in [0, 0.1) is 0 Å². The summed E-state index contributed by atoms with van der Waals surface area (Å²) in [5, 5.41) is 9.67. The molecule has 0 radical (unpaired) electrons. The number of hydrogen-bond acceptors (Lipinski definition) is 1. The maximum Gasteiger partial charge on any atom is 1.00 e. The first-order chi connectivity index (χ1) is 6.63. The largest absolute Gasteiger partial charge is 1.00 e. The molecule has 0 fully saturated rings. The van der Waals surface area contributed by atoms with E-state index in [0.29, 0.717) is 10.9 Å². The molecule has 0 spiro atoms. The first-order valence-electron chi connectivity index (χ1n) is 3.81. The van der Waals surface area contributed by atoms with Crippen molar-refractivity contribution in [1.29, 1.82) is 0 Å². The molecular weight excluding hydrogens is 248 g/mol. The molecule has 15 heavy (non-hydrogen) atoms. The molecule has 1 N–H and O–H groups in total. The summed E-state index contributed by atoms with van der Waals surface area (Å²) in [6.07, 6.45) is 0. The second kappa shape index (κ2) is 4.76. The van der Waals surface area contributed by atoms with Gasteiger partial charge >= 0.3 is 35.5 Å². The van der Waals surface area contributed by atoms with Gasteiger partial charge in [-0.25, -0.2) is 8.88 Å². The molecule has 0 unspecified atom stereocenters. The van der Waals surface area contributed by atoms with E-state index in [1.807, 2.05) is 0 Å². The summed E-state index contributed by atoms with van der Waals surface area (Å²) in [4.78, 5) is 10.8. The molecule has 0 saturated heterocycles. The van der Waals surface area contributed by atoms with Gasteiger partial charge in [0.2, 0.25) is 0 Å². The number of benzene rings is 1. The molecule has 0 aliphatic rings. The molecule has 0 aliphatic heterocycles. The van der Waals surface area contributed by atoms with E-state index in [1.165, 1.54) is 0 Å².